The number of aromatic nitrogens is 3. The topological polar surface area (TPSA) is 135 Å². The lowest BCUT2D eigenvalue weighted by Gasteiger charge is -2.09. The van der Waals surface area contributed by atoms with Crippen LogP contribution in [0.4, 0.5) is 5.95 Å². The molecular weight excluding hydrogens is 396 g/mol. The van der Waals surface area contributed by atoms with Crippen LogP contribution in [0, 0.1) is 18.3 Å². The highest BCUT2D eigenvalue weighted by molar-refractivity contribution is 7.89. The van der Waals surface area contributed by atoms with Crippen molar-refractivity contribution in [3.63, 3.8) is 0 Å². The predicted molar refractivity (Wildman–Crippen MR) is 106 cm³/mol. The van der Waals surface area contributed by atoms with Crippen LogP contribution in [0.15, 0.2) is 46.8 Å². The summed E-state index contributed by atoms with van der Waals surface area (Å²) in [5, 5.41) is 20.3. The van der Waals surface area contributed by atoms with Crippen molar-refractivity contribution in [1.82, 2.24) is 15.0 Å². The van der Waals surface area contributed by atoms with Crippen molar-refractivity contribution in [1.29, 1.82) is 5.26 Å². The first-order valence-corrected chi connectivity index (χ1v) is 10.8. The number of aryl methyl sites for hydroxylation is 1. The monoisotopic (exact) mass is 414 g/mol. The number of nitrogens with two attached hydrogens (primary N) is 1. The zero-order valence-electron chi connectivity index (χ0n) is 15.0. The van der Waals surface area contributed by atoms with Crippen molar-refractivity contribution in [2.24, 2.45) is 5.14 Å². The summed E-state index contributed by atoms with van der Waals surface area (Å²) in [4.78, 5) is 13.1. The van der Waals surface area contributed by atoms with Crippen molar-refractivity contribution < 1.29 is 8.42 Å². The fourth-order valence-electron chi connectivity index (χ4n) is 2.54. The first-order chi connectivity index (χ1) is 13.4. The molecule has 144 valence electrons. The maximum absolute atomic E-state index is 11.3. The minimum absolute atomic E-state index is 0.0835. The SMILES string of the molecule is Cc1csc(C(C#N)c2ccnc(NCCc3ccc(S(N)(=O)=O)cc3)n2)n1. The molecule has 0 fully saturated rings. The maximum Gasteiger partial charge on any atom is 0.238 e. The number of anilines is 1. The van der Waals surface area contributed by atoms with Crippen LogP contribution in [-0.4, -0.2) is 29.9 Å². The molecule has 0 aliphatic carbocycles. The van der Waals surface area contributed by atoms with Crippen LogP contribution < -0.4 is 10.5 Å². The molecule has 1 aromatic carbocycles. The Hall–Kier alpha value is -2.87. The smallest absolute Gasteiger partial charge is 0.238 e. The number of primary sulfonamides is 1. The van der Waals surface area contributed by atoms with E-state index in [0.717, 1.165) is 11.3 Å². The second-order valence-electron chi connectivity index (χ2n) is 6.06. The van der Waals surface area contributed by atoms with E-state index in [1.54, 1.807) is 24.4 Å². The molecule has 0 amide bonds. The number of nitrogens with one attached hydrogen (secondary N) is 1. The number of benzene rings is 1. The quantitative estimate of drug-likeness (QED) is 0.605. The average Bonchev–Trinajstić information content (AvgIpc) is 3.08. The largest absolute Gasteiger partial charge is 0.354 e. The van der Waals surface area contributed by atoms with E-state index in [2.05, 4.69) is 26.3 Å². The second kappa shape index (κ2) is 8.43. The van der Waals surface area contributed by atoms with Crippen LogP contribution in [-0.2, 0) is 16.4 Å². The Bertz CT molecular complexity index is 1100. The van der Waals surface area contributed by atoms with Crippen LogP contribution in [0.3, 0.4) is 0 Å². The molecule has 2 heterocycles. The number of sulfonamides is 1. The molecule has 2 aromatic heterocycles. The second-order valence-corrected chi connectivity index (χ2v) is 8.51. The molecule has 3 aromatic rings. The molecule has 3 N–H and O–H groups in total. The number of rotatable bonds is 7. The van der Waals surface area contributed by atoms with Crippen LogP contribution in [0.25, 0.3) is 0 Å². The Labute approximate surface area is 167 Å². The maximum atomic E-state index is 11.3. The number of hydrogen-bond acceptors (Lipinski definition) is 8. The van der Waals surface area contributed by atoms with Gasteiger partial charge in [0, 0.05) is 23.8 Å². The Balaban J connectivity index is 1.64. The van der Waals surface area contributed by atoms with Gasteiger partial charge >= 0.3 is 0 Å². The van der Waals surface area contributed by atoms with Crippen molar-refractivity contribution in [3.05, 3.63) is 63.9 Å². The first-order valence-electron chi connectivity index (χ1n) is 8.37. The molecule has 0 saturated heterocycles. The molecule has 0 spiro atoms. The Morgan fingerprint density at radius 1 is 1.25 bits per heavy atom. The molecule has 28 heavy (non-hydrogen) atoms. The summed E-state index contributed by atoms with van der Waals surface area (Å²) >= 11 is 1.43. The summed E-state index contributed by atoms with van der Waals surface area (Å²) in [6, 6.07) is 10.4. The van der Waals surface area contributed by atoms with Gasteiger partial charge in [-0.05, 0) is 37.1 Å². The number of thiazole rings is 1. The number of hydrogen-bond donors (Lipinski definition) is 2. The predicted octanol–water partition coefficient (Wildman–Crippen LogP) is 2.20. The van der Waals surface area contributed by atoms with Crippen molar-refractivity contribution in [2.45, 2.75) is 24.2 Å². The van der Waals surface area contributed by atoms with E-state index < -0.39 is 15.9 Å². The molecule has 10 heteroatoms. The van der Waals surface area contributed by atoms with Gasteiger partial charge < -0.3 is 5.32 Å². The van der Waals surface area contributed by atoms with Gasteiger partial charge in [0.05, 0.1) is 16.7 Å². The molecule has 0 aliphatic heterocycles. The first kappa shape index (κ1) is 19.9. The van der Waals surface area contributed by atoms with Gasteiger partial charge in [-0.15, -0.1) is 11.3 Å². The normalized spacial score (nSPS) is 12.3. The van der Waals surface area contributed by atoms with Gasteiger partial charge in [0.2, 0.25) is 16.0 Å². The molecule has 1 atom stereocenters. The van der Waals surface area contributed by atoms with Gasteiger partial charge in [-0.3, -0.25) is 0 Å². The summed E-state index contributed by atoms with van der Waals surface area (Å²) in [6.45, 7) is 2.43. The highest BCUT2D eigenvalue weighted by Crippen LogP contribution is 2.25. The van der Waals surface area contributed by atoms with E-state index in [1.165, 1.54) is 23.5 Å². The van der Waals surface area contributed by atoms with Gasteiger partial charge in [0.1, 0.15) is 10.9 Å². The fraction of sp³-hybridized carbons (Fsp3) is 0.222. The summed E-state index contributed by atoms with van der Waals surface area (Å²) in [5.41, 5.74) is 2.41. The molecule has 8 nitrogen and oxygen atoms in total. The third-order valence-electron chi connectivity index (χ3n) is 3.93. The molecule has 0 saturated carbocycles. The van der Waals surface area contributed by atoms with Gasteiger partial charge in [-0.2, -0.15) is 5.26 Å². The third kappa shape index (κ3) is 4.89. The van der Waals surface area contributed by atoms with Gasteiger partial charge in [0.25, 0.3) is 0 Å². The Morgan fingerprint density at radius 3 is 2.61 bits per heavy atom. The van der Waals surface area contributed by atoms with Gasteiger partial charge in [0.15, 0.2) is 0 Å². The average molecular weight is 415 g/mol. The van der Waals surface area contributed by atoms with E-state index >= 15 is 0 Å². The minimum atomic E-state index is -3.69. The lowest BCUT2D eigenvalue weighted by Crippen LogP contribution is -2.12. The van der Waals surface area contributed by atoms with E-state index in [-0.39, 0.29) is 4.90 Å². The van der Waals surface area contributed by atoms with Crippen molar-refractivity contribution in [3.8, 4) is 6.07 Å². The van der Waals surface area contributed by atoms with Gasteiger partial charge in [-0.25, -0.2) is 28.5 Å². The molecule has 0 radical (unpaired) electrons. The molecule has 0 aliphatic rings. The number of nitrogens with zero attached hydrogens (tertiary/aromatic N) is 4. The van der Waals surface area contributed by atoms with E-state index in [1.807, 2.05) is 12.3 Å². The van der Waals surface area contributed by atoms with E-state index in [4.69, 9.17) is 5.14 Å². The zero-order chi connectivity index (χ0) is 20.1. The number of nitriles is 1. The summed E-state index contributed by atoms with van der Waals surface area (Å²) in [7, 11) is -3.69. The summed E-state index contributed by atoms with van der Waals surface area (Å²) < 4.78 is 22.6. The van der Waals surface area contributed by atoms with Crippen LogP contribution in [0.1, 0.15) is 27.9 Å². The van der Waals surface area contributed by atoms with Crippen molar-refractivity contribution in [2.75, 3.05) is 11.9 Å². The highest BCUT2D eigenvalue weighted by Gasteiger charge is 2.19. The standard InChI is InChI=1S/C18H18N6O2S2/c1-12-11-27-17(23-12)15(10-19)16-7-9-22-18(24-16)21-8-6-13-2-4-14(5-3-13)28(20,25)26/h2-5,7,9,11,15H,6,8H2,1H3,(H2,20,25,26)(H,21,22,24). The van der Waals surface area contributed by atoms with Gasteiger partial charge in [-0.1, -0.05) is 12.1 Å². The summed E-state index contributed by atoms with van der Waals surface area (Å²) in [6.07, 6.45) is 2.25. The minimum Gasteiger partial charge on any atom is -0.354 e. The van der Waals surface area contributed by atoms with Crippen molar-refractivity contribution >= 4 is 27.3 Å². The van der Waals surface area contributed by atoms with Crippen LogP contribution >= 0.6 is 11.3 Å². The van der Waals surface area contributed by atoms with Crippen LogP contribution in [0.5, 0.6) is 0 Å². The molecule has 1 unspecified atom stereocenters. The van der Waals surface area contributed by atoms with Crippen LogP contribution in [0.2, 0.25) is 0 Å². The Morgan fingerprint density at radius 2 is 2.00 bits per heavy atom. The molecule has 0 bridgehead atoms. The summed E-state index contributed by atoms with van der Waals surface area (Å²) in [5.74, 6) is -0.111. The lowest BCUT2D eigenvalue weighted by molar-refractivity contribution is 0.598. The Kier molecular flexibility index (Phi) is 5.99. The lowest BCUT2D eigenvalue weighted by atomic mass is 10.1. The van der Waals surface area contributed by atoms with E-state index in [0.29, 0.717) is 29.6 Å². The highest BCUT2D eigenvalue weighted by atomic mass is 32.2. The zero-order valence-corrected chi connectivity index (χ0v) is 16.7. The third-order valence-corrected chi connectivity index (χ3v) is 5.89. The van der Waals surface area contributed by atoms with E-state index in [9.17, 15) is 13.7 Å². The molecular formula is C18H18N6O2S2. The molecule has 3 rings (SSSR count). The fourth-order valence-corrected chi connectivity index (χ4v) is 3.90.